The fourth-order valence-corrected chi connectivity index (χ4v) is 2.13. The van der Waals surface area contributed by atoms with Gasteiger partial charge in [0, 0.05) is 10.9 Å². The number of benzene rings is 1. The Morgan fingerprint density at radius 3 is 2.50 bits per heavy atom. The standard InChI is InChI=1S/C14H17BrClNO3/c1-14(2,3)20-13(19)7-6-12(18)17-11-5-4-9(15)8-10(11)16/h4-5,8H,6-7H2,1-3H3,(H,17,18). The number of hydrogen-bond donors (Lipinski definition) is 1. The van der Waals surface area contributed by atoms with Crippen molar-refractivity contribution in [3.05, 3.63) is 27.7 Å². The maximum absolute atomic E-state index is 11.7. The number of ether oxygens (including phenoxy) is 1. The monoisotopic (exact) mass is 361 g/mol. The molecule has 1 N–H and O–H groups in total. The zero-order chi connectivity index (χ0) is 15.3. The Morgan fingerprint density at radius 1 is 1.30 bits per heavy atom. The van der Waals surface area contributed by atoms with Gasteiger partial charge in [0.2, 0.25) is 5.91 Å². The molecule has 6 heteroatoms. The highest BCUT2D eigenvalue weighted by molar-refractivity contribution is 9.10. The van der Waals surface area contributed by atoms with Crippen LogP contribution in [-0.2, 0) is 14.3 Å². The minimum absolute atomic E-state index is 0.0389. The third-order valence-corrected chi connectivity index (χ3v) is 2.99. The summed E-state index contributed by atoms with van der Waals surface area (Å²) in [6.45, 7) is 5.35. The lowest BCUT2D eigenvalue weighted by atomic mass is 10.2. The van der Waals surface area contributed by atoms with Crippen LogP contribution in [0.1, 0.15) is 33.6 Å². The first-order valence-corrected chi connectivity index (χ1v) is 7.31. The maximum atomic E-state index is 11.7. The molecule has 0 spiro atoms. The second-order valence-corrected chi connectivity index (χ2v) is 6.58. The highest BCUT2D eigenvalue weighted by Gasteiger charge is 2.17. The van der Waals surface area contributed by atoms with Crippen molar-refractivity contribution < 1.29 is 14.3 Å². The van der Waals surface area contributed by atoms with Crippen molar-refractivity contribution >= 4 is 45.1 Å². The molecular formula is C14H17BrClNO3. The molecule has 0 aliphatic rings. The molecule has 0 aromatic heterocycles. The van der Waals surface area contributed by atoms with E-state index in [1.807, 2.05) is 0 Å². The first-order chi connectivity index (χ1) is 9.17. The number of amides is 1. The van der Waals surface area contributed by atoms with Crippen molar-refractivity contribution in [2.75, 3.05) is 5.32 Å². The summed E-state index contributed by atoms with van der Waals surface area (Å²) >= 11 is 9.27. The molecule has 0 bridgehead atoms. The lowest BCUT2D eigenvalue weighted by molar-refractivity contribution is -0.155. The Labute approximate surface area is 132 Å². The van der Waals surface area contributed by atoms with Crippen molar-refractivity contribution in [1.82, 2.24) is 0 Å². The van der Waals surface area contributed by atoms with Crippen molar-refractivity contribution in [3.8, 4) is 0 Å². The van der Waals surface area contributed by atoms with E-state index in [1.165, 1.54) is 0 Å². The fraction of sp³-hybridized carbons (Fsp3) is 0.429. The molecule has 20 heavy (non-hydrogen) atoms. The van der Waals surface area contributed by atoms with Crippen LogP contribution in [0, 0.1) is 0 Å². The van der Waals surface area contributed by atoms with Gasteiger partial charge in [-0.1, -0.05) is 27.5 Å². The molecule has 0 radical (unpaired) electrons. The average molecular weight is 363 g/mol. The van der Waals surface area contributed by atoms with Gasteiger partial charge in [-0.2, -0.15) is 0 Å². The number of carbonyl (C=O) groups excluding carboxylic acids is 2. The second-order valence-electron chi connectivity index (χ2n) is 5.26. The SMILES string of the molecule is CC(C)(C)OC(=O)CCC(=O)Nc1ccc(Br)cc1Cl. The predicted molar refractivity (Wildman–Crippen MR) is 82.9 cm³/mol. The molecular weight excluding hydrogens is 346 g/mol. The number of rotatable bonds is 4. The van der Waals surface area contributed by atoms with E-state index in [4.69, 9.17) is 16.3 Å². The third-order valence-electron chi connectivity index (χ3n) is 2.18. The van der Waals surface area contributed by atoms with Crippen molar-refractivity contribution in [2.24, 2.45) is 0 Å². The summed E-state index contributed by atoms with van der Waals surface area (Å²) in [5.74, 6) is -0.672. The largest absolute Gasteiger partial charge is 0.460 e. The molecule has 0 unspecified atom stereocenters. The van der Waals surface area contributed by atoms with Gasteiger partial charge in [0.1, 0.15) is 5.60 Å². The lowest BCUT2D eigenvalue weighted by Crippen LogP contribution is -2.24. The van der Waals surface area contributed by atoms with Gasteiger partial charge in [0.15, 0.2) is 0 Å². The van der Waals surface area contributed by atoms with E-state index in [9.17, 15) is 9.59 Å². The number of halogens is 2. The van der Waals surface area contributed by atoms with Gasteiger partial charge in [0.05, 0.1) is 17.1 Å². The Hall–Kier alpha value is -1.07. The lowest BCUT2D eigenvalue weighted by Gasteiger charge is -2.19. The average Bonchev–Trinajstić information content (AvgIpc) is 2.28. The first kappa shape index (κ1) is 17.0. The highest BCUT2D eigenvalue weighted by Crippen LogP contribution is 2.25. The molecule has 0 aliphatic heterocycles. The van der Waals surface area contributed by atoms with Gasteiger partial charge in [-0.15, -0.1) is 0 Å². The molecule has 0 atom stereocenters. The highest BCUT2D eigenvalue weighted by atomic mass is 79.9. The van der Waals surface area contributed by atoms with Crippen LogP contribution in [-0.4, -0.2) is 17.5 Å². The van der Waals surface area contributed by atoms with Crippen molar-refractivity contribution in [2.45, 2.75) is 39.2 Å². The van der Waals surface area contributed by atoms with Crippen LogP contribution in [0.15, 0.2) is 22.7 Å². The van der Waals surface area contributed by atoms with Crippen LogP contribution in [0.25, 0.3) is 0 Å². The Bertz CT molecular complexity index is 512. The molecule has 4 nitrogen and oxygen atoms in total. The van der Waals surface area contributed by atoms with E-state index >= 15 is 0 Å². The van der Waals surface area contributed by atoms with Crippen LogP contribution in [0.2, 0.25) is 5.02 Å². The summed E-state index contributed by atoms with van der Waals surface area (Å²) < 4.78 is 5.95. The zero-order valence-electron chi connectivity index (χ0n) is 11.6. The molecule has 0 saturated heterocycles. The van der Waals surface area contributed by atoms with Gasteiger partial charge in [-0.3, -0.25) is 9.59 Å². The van der Waals surface area contributed by atoms with Gasteiger partial charge >= 0.3 is 5.97 Å². The fourth-order valence-electron chi connectivity index (χ4n) is 1.41. The van der Waals surface area contributed by atoms with Gasteiger partial charge in [-0.25, -0.2) is 0 Å². The van der Waals surface area contributed by atoms with E-state index in [0.29, 0.717) is 10.7 Å². The number of carbonyl (C=O) groups is 2. The number of nitrogens with one attached hydrogen (secondary N) is 1. The quantitative estimate of drug-likeness (QED) is 0.818. The summed E-state index contributed by atoms with van der Waals surface area (Å²) in [5, 5.41) is 3.09. The zero-order valence-corrected chi connectivity index (χ0v) is 14.0. The topological polar surface area (TPSA) is 55.4 Å². The Morgan fingerprint density at radius 2 is 1.95 bits per heavy atom. The molecule has 1 aromatic rings. The summed E-state index contributed by atoms with van der Waals surface area (Å²) in [5.41, 5.74) is -0.0215. The van der Waals surface area contributed by atoms with Crippen LogP contribution in [0.5, 0.6) is 0 Å². The Kier molecular flexibility index (Phi) is 6.02. The minimum Gasteiger partial charge on any atom is -0.460 e. The molecule has 0 fully saturated rings. The summed E-state index contributed by atoms with van der Waals surface area (Å²) in [6.07, 6.45) is 0.0958. The summed E-state index contributed by atoms with van der Waals surface area (Å²) in [6, 6.07) is 5.15. The van der Waals surface area contributed by atoms with E-state index in [0.717, 1.165) is 4.47 Å². The second kappa shape index (κ2) is 7.09. The number of hydrogen-bond acceptors (Lipinski definition) is 3. The number of anilines is 1. The molecule has 1 rings (SSSR count). The van der Waals surface area contributed by atoms with E-state index in [-0.39, 0.29) is 18.7 Å². The van der Waals surface area contributed by atoms with Gasteiger partial charge in [0.25, 0.3) is 0 Å². The first-order valence-electron chi connectivity index (χ1n) is 6.14. The number of esters is 1. The molecule has 1 aromatic carbocycles. The maximum Gasteiger partial charge on any atom is 0.306 e. The van der Waals surface area contributed by atoms with Gasteiger partial charge in [-0.05, 0) is 39.0 Å². The summed E-state index contributed by atoms with van der Waals surface area (Å²) in [4.78, 5) is 23.2. The molecule has 0 saturated carbocycles. The predicted octanol–water partition coefficient (Wildman–Crippen LogP) is 4.16. The smallest absolute Gasteiger partial charge is 0.306 e. The van der Waals surface area contributed by atoms with Crippen LogP contribution < -0.4 is 5.32 Å². The molecule has 0 heterocycles. The van der Waals surface area contributed by atoms with Crippen molar-refractivity contribution in [3.63, 3.8) is 0 Å². The third kappa shape index (κ3) is 6.39. The Balaban J connectivity index is 2.46. The van der Waals surface area contributed by atoms with Gasteiger partial charge < -0.3 is 10.1 Å². The summed E-state index contributed by atoms with van der Waals surface area (Å²) in [7, 11) is 0. The van der Waals surface area contributed by atoms with E-state index in [2.05, 4.69) is 21.2 Å². The van der Waals surface area contributed by atoms with Crippen LogP contribution >= 0.6 is 27.5 Å². The van der Waals surface area contributed by atoms with E-state index in [1.54, 1.807) is 39.0 Å². The molecule has 0 aliphatic carbocycles. The minimum atomic E-state index is -0.539. The normalized spacial score (nSPS) is 11.1. The molecule has 1 amide bonds. The van der Waals surface area contributed by atoms with Crippen LogP contribution in [0.4, 0.5) is 5.69 Å². The van der Waals surface area contributed by atoms with Crippen molar-refractivity contribution in [1.29, 1.82) is 0 Å². The molecule has 110 valence electrons. The van der Waals surface area contributed by atoms with Crippen LogP contribution in [0.3, 0.4) is 0 Å². The van der Waals surface area contributed by atoms with E-state index < -0.39 is 11.6 Å².